The monoisotopic (exact) mass is 472 g/mol. The number of amidine groups is 1. The summed E-state index contributed by atoms with van der Waals surface area (Å²) in [7, 11) is 0. The van der Waals surface area contributed by atoms with Crippen molar-refractivity contribution in [1.82, 2.24) is 14.7 Å². The summed E-state index contributed by atoms with van der Waals surface area (Å²) in [6.07, 6.45) is 7.56. The number of carbonyl (C=O) groups is 1. The van der Waals surface area contributed by atoms with Gasteiger partial charge in [0.15, 0.2) is 5.17 Å². The molecule has 34 heavy (non-hydrogen) atoms. The Bertz CT molecular complexity index is 1220. The van der Waals surface area contributed by atoms with Crippen LogP contribution in [0, 0.1) is 0 Å². The van der Waals surface area contributed by atoms with Crippen molar-refractivity contribution >= 4 is 28.9 Å². The average molecular weight is 473 g/mol. The lowest BCUT2D eigenvalue weighted by Gasteiger charge is -2.27. The maximum atomic E-state index is 12.8. The smallest absolute Gasteiger partial charge is 0.286 e. The van der Waals surface area contributed by atoms with Crippen LogP contribution in [0.4, 0.5) is 0 Å². The molecule has 2 aromatic carbocycles. The molecule has 1 aromatic heterocycles. The van der Waals surface area contributed by atoms with Gasteiger partial charge < -0.3 is 9.64 Å². The Morgan fingerprint density at radius 3 is 2.44 bits per heavy atom. The molecule has 0 spiro atoms. The zero-order chi connectivity index (χ0) is 23.5. The zero-order valence-electron chi connectivity index (χ0n) is 19.5. The SMILES string of the molecule is CC(C)Oc1ccc(-c2nn(-c3ccccc3)cc2/C=C2\SC(N3CCCCC3)=NC2=O)cc1. The van der Waals surface area contributed by atoms with Crippen molar-refractivity contribution < 1.29 is 9.53 Å². The molecule has 2 aliphatic heterocycles. The molecule has 1 fully saturated rings. The number of likely N-dealkylation sites (tertiary alicyclic amines) is 1. The van der Waals surface area contributed by atoms with E-state index in [9.17, 15) is 4.79 Å². The Hall–Kier alpha value is -3.32. The van der Waals surface area contributed by atoms with Gasteiger partial charge in [-0.05, 0) is 87.3 Å². The standard InChI is InChI=1S/C27H28N4O2S/c1-19(2)33-23-13-11-20(12-14-23)25-21(18-31(29-25)22-9-5-3-6-10-22)17-24-26(32)28-27(34-24)30-15-7-4-8-16-30/h3,5-6,9-14,17-19H,4,7-8,15-16H2,1-2H3/b24-17-. The fourth-order valence-electron chi connectivity index (χ4n) is 4.15. The number of piperidine rings is 1. The number of carbonyl (C=O) groups excluding carboxylic acids is 1. The Labute approximate surface area is 204 Å². The predicted molar refractivity (Wildman–Crippen MR) is 138 cm³/mol. The van der Waals surface area contributed by atoms with Crippen LogP contribution in [0.2, 0.25) is 0 Å². The van der Waals surface area contributed by atoms with E-state index in [1.807, 2.05) is 85.4 Å². The normalized spacial score (nSPS) is 17.5. The minimum absolute atomic E-state index is 0.114. The van der Waals surface area contributed by atoms with E-state index in [1.165, 1.54) is 18.2 Å². The van der Waals surface area contributed by atoms with Gasteiger partial charge in [-0.1, -0.05) is 18.2 Å². The van der Waals surface area contributed by atoms with Crippen LogP contribution in [0.1, 0.15) is 38.7 Å². The second kappa shape index (κ2) is 9.89. The number of benzene rings is 2. The molecule has 1 saturated heterocycles. The van der Waals surface area contributed by atoms with Gasteiger partial charge >= 0.3 is 0 Å². The molecule has 3 aromatic rings. The minimum atomic E-state index is -0.176. The van der Waals surface area contributed by atoms with Gasteiger partial charge in [-0.2, -0.15) is 10.1 Å². The molecule has 0 radical (unpaired) electrons. The molecule has 0 saturated carbocycles. The highest BCUT2D eigenvalue weighted by Gasteiger charge is 2.27. The molecule has 1 amide bonds. The fraction of sp³-hybridized carbons (Fsp3) is 0.296. The van der Waals surface area contributed by atoms with Crippen molar-refractivity contribution in [2.45, 2.75) is 39.2 Å². The number of hydrogen-bond donors (Lipinski definition) is 0. The van der Waals surface area contributed by atoms with Crippen LogP contribution in [0.15, 0.2) is 70.7 Å². The van der Waals surface area contributed by atoms with E-state index in [-0.39, 0.29) is 12.0 Å². The first-order chi connectivity index (χ1) is 16.6. The van der Waals surface area contributed by atoms with Crippen LogP contribution in [0.5, 0.6) is 5.75 Å². The largest absolute Gasteiger partial charge is 0.491 e. The van der Waals surface area contributed by atoms with Crippen LogP contribution in [0.3, 0.4) is 0 Å². The number of aliphatic imine (C=N–C) groups is 1. The first-order valence-electron chi connectivity index (χ1n) is 11.8. The Morgan fingerprint density at radius 1 is 1.00 bits per heavy atom. The Balaban J connectivity index is 1.48. The third-order valence-corrected chi connectivity index (χ3v) is 6.83. The first kappa shape index (κ1) is 22.5. The van der Waals surface area contributed by atoms with Crippen LogP contribution in [-0.2, 0) is 4.79 Å². The summed E-state index contributed by atoms with van der Waals surface area (Å²) >= 11 is 1.47. The number of thioether (sulfide) groups is 1. The number of hydrogen-bond acceptors (Lipinski definition) is 5. The van der Waals surface area contributed by atoms with Gasteiger partial charge in [0, 0.05) is 30.4 Å². The number of para-hydroxylation sites is 1. The van der Waals surface area contributed by atoms with Gasteiger partial charge in [0.1, 0.15) is 5.75 Å². The first-order valence-corrected chi connectivity index (χ1v) is 12.6. The molecule has 0 atom stereocenters. The summed E-state index contributed by atoms with van der Waals surface area (Å²) < 4.78 is 7.65. The van der Waals surface area contributed by atoms with E-state index in [0.29, 0.717) is 4.91 Å². The van der Waals surface area contributed by atoms with Crippen molar-refractivity contribution in [2.24, 2.45) is 4.99 Å². The van der Waals surface area contributed by atoms with E-state index in [2.05, 4.69) is 9.89 Å². The third kappa shape index (κ3) is 4.94. The molecule has 0 unspecified atom stereocenters. The maximum Gasteiger partial charge on any atom is 0.286 e. The Kier molecular flexibility index (Phi) is 6.54. The van der Waals surface area contributed by atoms with E-state index in [4.69, 9.17) is 9.84 Å². The highest BCUT2D eigenvalue weighted by atomic mass is 32.2. The molecule has 0 N–H and O–H groups in total. The van der Waals surface area contributed by atoms with Crippen molar-refractivity contribution in [3.63, 3.8) is 0 Å². The average Bonchev–Trinajstić information content (AvgIpc) is 3.44. The molecular formula is C27H28N4O2S. The molecule has 0 aliphatic carbocycles. The van der Waals surface area contributed by atoms with Gasteiger partial charge in [0.25, 0.3) is 5.91 Å². The number of rotatable bonds is 5. The van der Waals surface area contributed by atoms with Crippen LogP contribution in [0.25, 0.3) is 23.0 Å². The van der Waals surface area contributed by atoms with Gasteiger partial charge in [-0.15, -0.1) is 0 Å². The maximum absolute atomic E-state index is 12.8. The van der Waals surface area contributed by atoms with Gasteiger partial charge in [-0.25, -0.2) is 4.68 Å². The number of ether oxygens (including phenoxy) is 1. The lowest BCUT2D eigenvalue weighted by atomic mass is 10.1. The van der Waals surface area contributed by atoms with Gasteiger partial charge in [0.2, 0.25) is 0 Å². The topological polar surface area (TPSA) is 59.7 Å². The fourth-order valence-corrected chi connectivity index (χ4v) is 5.11. The highest BCUT2D eigenvalue weighted by molar-refractivity contribution is 8.18. The number of amides is 1. The molecular weight excluding hydrogens is 444 g/mol. The quantitative estimate of drug-likeness (QED) is 0.440. The summed E-state index contributed by atoms with van der Waals surface area (Å²) in [5.74, 6) is 0.645. The minimum Gasteiger partial charge on any atom is -0.491 e. The molecule has 3 heterocycles. The second-order valence-electron chi connectivity index (χ2n) is 8.76. The van der Waals surface area contributed by atoms with Crippen molar-refractivity contribution in [1.29, 1.82) is 0 Å². The summed E-state index contributed by atoms with van der Waals surface area (Å²) in [6.45, 7) is 5.95. The number of aromatic nitrogens is 2. The molecule has 2 aliphatic rings. The third-order valence-electron chi connectivity index (χ3n) is 5.79. The van der Waals surface area contributed by atoms with Gasteiger partial charge in [-0.3, -0.25) is 4.79 Å². The molecule has 6 nitrogen and oxygen atoms in total. The van der Waals surface area contributed by atoms with Crippen LogP contribution >= 0.6 is 11.8 Å². The van der Waals surface area contributed by atoms with Crippen LogP contribution < -0.4 is 4.74 Å². The highest BCUT2D eigenvalue weighted by Crippen LogP contribution is 2.34. The van der Waals surface area contributed by atoms with E-state index < -0.39 is 0 Å². The summed E-state index contributed by atoms with van der Waals surface area (Å²) in [6, 6.07) is 17.9. The molecule has 5 rings (SSSR count). The zero-order valence-corrected chi connectivity index (χ0v) is 20.3. The lowest BCUT2D eigenvalue weighted by molar-refractivity contribution is -0.113. The lowest BCUT2D eigenvalue weighted by Crippen LogP contribution is -2.33. The molecule has 174 valence electrons. The van der Waals surface area contributed by atoms with E-state index >= 15 is 0 Å². The van der Waals surface area contributed by atoms with Gasteiger partial charge in [0.05, 0.1) is 22.4 Å². The van der Waals surface area contributed by atoms with Crippen molar-refractivity contribution in [3.8, 4) is 22.7 Å². The van der Waals surface area contributed by atoms with Crippen molar-refractivity contribution in [3.05, 3.63) is 71.3 Å². The van der Waals surface area contributed by atoms with Crippen LogP contribution in [-0.4, -0.2) is 44.9 Å². The molecule has 0 bridgehead atoms. The number of nitrogens with zero attached hydrogens (tertiary/aromatic N) is 4. The second-order valence-corrected chi connectivity index (χ2v) is 9.77. The Morgan fingerprint density at radius 2 is 1.74 bits per heavy atom. The summed E-state index contributed by atoms with van der Waals surface area (Å²) in [5, 5.41) is 5.70. The van der Waals surface area contributed by atoms with E-state index in [0.717, 1.165) is 59.4 Å². The summed E-state index contributed by atoms with van der Waals surface area (Å²) in [5.41, 5.74) is 3.62. The summed E-state index contributed by atoms with van der Waals surface area (Å²) in [4.78, 5) is 20.0. The molecule has 7 heteroatoms. The predicted octanol–water partition coefficient (Wildman–Crippen LogP) is 5.78. The van der Waals surface area contributed by atoms with Crippen molar-refractivity contribution in [2.75, 3.05) is 13.1 Å². The van der Waals surface area contributed by atoms with E-state index in [1.54, 1.807) is 0 Å².